The van der Waals surface area contributed by atoms with E-state index in [1.54, 1.807) is 0 Å². The van der Waals surface area contributed by atoms with Crippen molar-refractivity contribution in [3.63, 3.8) is 0 Å². The monoisotopic (exact) mass is 549 g/mol. The SMILES string of the molecule is CCNC(=NCC1CCN(C)CC1)NC1CCN(c2ccc(Br)cc2)C1.I. The summed E-state index contributed by atoms with van der Waals surface area (Å²) in [7, 11) is 2.21. The quantitative estimate of drug-likeness (QED) is 0.335. The van der Waals surface area contributed by atoms with Crippen LogP contribution >= 0.6 is 39.9 Å². The van der Waals surface area contributed by atoms with Crippen LogP contribution in [0.4, 0.5) is 5.69 Å². The van der Waals surface area contributed by atoms with Crippen molar-refractivity contribution in [2.75, 3.05) is 51.2 Å². The van der Waals surface area contributed by atoms with Gasteiger partial charge < -0.3 is 20.4 Å². The highest BCUT2D eigenvalue weighted by molar-refractivity contribution is 14.0. The van der Waals surface area contributed by atoms with E-state index in [-0.39, 0.29) is 24.0 Å². The Hall–Kier alpha value is -0.540. The first-order valence-corrected chi connectivity index (χ1v) is 10.7. The number of anilines is 1. The van der Waals surface area contributed by atoms with Crippen molar-refractivity contribution >= 4 is 51.6 Å². The lowest BCUT2D eigenvalue weighted by Crippen LogP contribution is -2.45. The average Bonchev–Trinajstić information content (AvgIpc) is 3.10. The maximum Gasteiger partial charge on any atom is 0.191 e. The van der Waals surface area contributed by atoms with Gasteiger partial charge in [0, 0.05) is 42.4 Å². The number of nitrogens with one attached hydrogen (secondary N) is 2. The van der Waals surface area contributed by atoms with Crippen LogP contribution in [-0.4, -0.2) is 63.2 Å². The molecule has 7 heteroatoms. The Labute approximate surface area is 189 Å². The Morgan fingerprint density at radius 2 is 1.85 bits per heavy atom. The molecule has 3 rings (SSSR count). The number of nitrogens with zero attached hydrogens (tertiary/aromatic N) is 3. The van der Waals surface area contributed by atoms with Gasteiger partial charge in [0.1, 0.15) is 0 Å². The lowest BCUT2D eigenvalue weighted by molar-refractivity contribution is 0.223. The third kappa shape index (κ3) is 7.09. The summed E-state index contributed by atoms with van der Waals surface area (Å²) in [6.45, 7) is 8.50. The Morgan fingerprint density at radius 3 is 2.52 bits per heavy atom. The van der Waals surface area contributed by atoms with Gasteiger partial charge in [-0.1, -0.05) is 15.9 Å². The summed E-state index contributed by atoms with van der Waals surface area (Å²) in [5.41, 5.74) is 1.30. The van der Waals surface area contributed by atoms with Gasteiger partial charge in [0.05, 0.1) is 0 Å². The molecule has 2 aliphatic rings. The minimum absolute atomic E-state index is 0. The summed E-state index contributed by atoms with van der Waals surface area (Å²) in [6.07, 6.45) is 3.68. The van der Waals surface area contributed by atoms with E-state index in [2.05, 4.69) is 74.6 Å². The maximum atomic E-state index is 4.89. The molecule has 1 aromatic rings. The van der Waals surface area contributed by atoms with Crippen molar-refractivity contribution in [3.05, 3.63) is 28.7 Å². The zero-order valence-corrected chi connectivity index (χ0v) is 20.4. The maximum absolute atomic E-state index is 4.89. The zero-order valence-electron chi connectivity index (χ0n) is 16.5. The number of hydrogen-bond donors (Lipinski definition) is 2. The van der Waals surface area contributed by atoms with Crippen LogP contribution in [0.2, 0.25) is 0 Å². The van der Waals surface area contributed by atoms with Gasteiger partial charge in [-0.3, -0.25) is 4.99 Å². The molecule has 2 saturated heterocycles. The second-order valence-electron chi connectivity index (χ2n) is 7.52. The number of benzene rings is 1. The van der Waals surface area contributed by atoms with E-state index < -0.39 is 0 Å². The molecule has 2 N–H and O–H groups in total. The number of rotatable bonds is 5. The number of piperidine rings is 1. The molecule has 0 radical (unpaired) electrons. The normalized spacial score (nSPS) is 21.8. The molecular formula is C20H33BrIN5. The fraction of sp³-hybridized carbons (Fsp3) is 0.650. The molecule has 2 fully saturated rings. The first-order chi connectivity index (χ1) is 12.6. The first-order valence-electron chi connectivity index (χ1n) is 9.88. The van der Waals surface area contributed by atoms with Crippen molar-refractivity contribution < 1.29 is 0 Å². The topological polar surface area (TPSA) is 42.9 Å². The fourth-order valence-electron chi connectivity index (χ4n) is 3.74. The minimum Gasteiger partial charge on any atom is -0.369 e. The number of halogens is 2. The molecule has 2 aliphatic heterocycles. The van der Waals surface area contributed by atoms with Crippen LogP contribution in [0.3, 0.4) is 0 Å². The molecule has 0 bridgehead atoms. The van der Waals surface area contributed by atoms with Gasteiger partial charge in [0.15, 0.2) is 5.96 Å². The van der Waals surface area contributed by atoms with Crippen LogP contribution in [0.5, 0.6) is 0 Å². The summed E-state index contributed by atoms with van der Waals surface area (Å²) < 4.78 is 1.13. The molecule has 1 unspecified atom stereocenters. The largest absolute Gasteiger partial charge is 0.369 e. The Kier molecular flexibility index (Phi) is 9.65. The average molecular weight is 550 g/mol. The van der Waals surface area contributed by atoms with E-state index in [1.807, 2.05) is 0 Å². The van der Waals surface area contributed by atoms with Gasteiger partial charge in [0.2, 0.25) is 0 Å². The molecule has 5 nitrogen and oxygen atoms in total. The second-order valence-corrected chi connectivity index (χ2v) is 8.43. The van der Waals surface area contributed by atoms with E-state index in [1.165, 1.54) is 31.6 Å². The molecule has 0 amide bonds. The molecule has 1 aromatic carbocycles. The molecule has 152 valence electrons. The highest BCUT2D eigenvalue weighted by Crippen LogP contribution is 2.22. The van der Waals surface area contributed by atoms with Crippen LogP contribution in [0.15, 0.2) is 33.7 Å². The third-order valence-corrected chi connectivity index (χ3v) is 5.94. The Bertz CT molecular complexity index is 587. The molecule has 0 aromatic heterocycles. The van der Waals surface area contributed by atoms with Crippen LogP contribution in [0.25, 0.3) is 0 Å². The highest BCUT2D eigenvalue weighted by Gasteiger charge is 2.23. The van der Waals surface area contributed by atoms with Crippen LogP contribution in [0.1, 0.15) is 26.2 Å². The van der Waals surface area contributed by atoms with Crippen molar-refractivity contribution in [2.45, 2.75) is 32.2 Å². The van der Waals surface area contributed by atoms with E-state index in [4.69, 9.17) is 4.99 Å². The summed E-state index contributed by atoms with van der Waals surface area (Å²) in [4.78, 5) is 9.75. The van der Waals surface area contributed by atoms with Gasteiger partial charge in [-0.05, 0) is 76.5 Å². The van der Waals surface area contributed by atoms with Crippen molar-refractivity contribution in [1.82, 2.24) is 15.5 Å². The smallest absolute Gasteiger partial charge is 0.191 e. The molecule has 2 heterocycles. The number of guanidine groups is 1. The van der Waals surface area contributed by atoms with Crippen LogP contribution < -0.4 is 15.5 Å². The molecule has 0 aliphatic carbocycles. The summed E-state index contributed by atoms with van der Waals surface area (Å²) in [5, 5.41) is 7.08. The van der Waals surface area contributed by atoms with Crippen molar-refractivity contribution in [2.24, 2.45) is 10.9 Å². The van der Waals surface area contributed by atoms with E-state index >= 15 is 0 Å². The summed E-state index contributed by atoms with van der Waals surface area (Å²) >= 11 is 3.51. The lowest BCUT2D eigenvalue weighted by Gasteiger charge is -2.28. The molecule has 0 spiro atoms. The van der Waals surface area contributed by atoms with Crippen LogP contribution in [-0.2, 0) is 0 Å². The Morgan fingerprint density at radius 1 is 1.15 bits per heavy atom. The summed E-state index contributed by atoms with van der Waals surface area (Å²) in [6, 6.07) is 9.05. The number of likely N-dealkylation sites (tertiary alicyclic amines) is 1. The standard InChI is InChI=1S/C20H32BrN5.HI/c1-3-22-20(23-14-16-8-11-25(2)12-9-16)24-18-10-13-26(15-18)19-6-4-17(21)5-7-19;/h4-7,16,18H,3,8-15H2,1-2H3,(H2,22,23,24);1H. The van der Waals surface area contributed by atoms with E-state index in [0.29, 0.717) is 6.04 Å². The van der Waals surface area contributed by atoms with Gasteiger partial charge in [0.25, 0.3) is 0 Å². The minimum atomic E-state index is 0. The van der Waals surface area contributed by atoms with E-state index in [0.717, 1.165) is 49.0 Å². The van der Waals surface area contributed by atoms with Crippen LogP contribution in [0, 0.1) is 5.92 Å². The summed E-state index contributed by atoms with van der Waals surface area (Å²) in [5.74, 6) is 1.71. The first kappa shape index (κ1) is 22.7. The predicted molar refractivity (Wildman–Crippen MR) is 130 cm³/mol. The van der Waals surface area contributed by atoms with E-state index in [9.17, 15) is 0 Å². The third-order valence-electron chi connectivity index (χ3n) is 5.41. The Balaban J connectivity index is 0.00000261. The zero-order chi connectivity index (χ0) is 18.4. The lowest BCUT2D eigenvalue weighted by atomic mass is 9.97. The molecular weight excluding hydrogens is 517 g/mol. The van der Waals surface area contributed by atoms with Gasteiger partial charge in [-0.15, -0.1) is 24.0 Å². The highest BCUT2D eigenvalue weighted by atomic mass is 127. The fourth-order valence-corrected chi connectivity index (χ4v) is 4.01. The predicted octanol–water partition coefficient (Wildman–Crippen LogP) is 3.54. The molecule has 27 heavy (non-hydrogen) atoms. The number of aliphatic imine (C=N–C) groups is 1. The van der Waals surface area contributed by atoms with Gasteiger partial charge in [-0.25, -0.2) is 0 Å². The van der Waals surface area contributed by atoms with Gasteiger partial charge in [-0.2, -0.15) is 0 Å². The van der Waals surface area contributed by atoms with Gasteiger partial charge >= 0.3 is 0 Å². The number of hydrogen-bond acceptors (Lipinski definition) is 3. The second kappa shape index (κ2) is 11.5. The molecule has 0 saturated carbocycles. The van der Waals surface area contributed by atoms with Crippen molar-refractivity contribution in [3.8, 4) is 0 Å². The van der Waals surface area contributed by atoms with Crippen molar-refractivity contribution in [1.29, 1.82) is 0 Å². The molecule has 1 atom stereocenters.